The van der Waals surface area contributed by atoms with E-state index < -0.39 is 0 Å². The average Bonchev–Trinajstić information content (AvgIpc) is 3.37. The summed E-state index contributed by atoms with van der Waals surface area (Å²) in [4.78, 5) is 24.1. The van der Waals surface area contributed by atoms with E-state index in [2.05, 4.69) is 41.8 Å². The third-order valence-electron chi connectivity index (χ3n) is 6.69. The molecule has 1 atom stereocenters. The molecular formula is C31H29FN8O. The summed E-state index contributed by atoms with van der Waals surface area (Å²) in [5.74, 6) is -0.373. The fraction of sp³-hybridized carbons (Fsp3) is 0.194. The predicted molar refractivity (Wildman–Crippen MR) is 155 cm³/mol. The SMILES string of the molecule is CC(NC(=O)c1cc(C#N)cnc1NCc1ccc(-c2cnc3n[nH]c(CN(C)C)c3c2)cc1)c1ccc(F)cc1. The maximum Gasteiger partial charge on any atom is 0.255 e. The fourth-order valence-corrected chi connectivity index (χ4v) is 4.49. The van der Waals surface area contributed by atoms with Gasteiger partial charge < -0.3 is 15.5 Å². The van der Waals surface area contributed by atoms with Gasteiger partial charge in [0.25, 0.3) is 5.91 Å². The number of fused-ring (bicyclic) bond motifs is 1. The lowest BCUT2D eigenvalue weighted by Crippen LogP contribution is -2.28. The Morgan fingerprint density at radius 3 is 2.51 bits per heavy atom. The van der Waals surface area contributed by atoms with Gasteiger partial charge in [-0.05, 0) is 62.0 Å². The van der Waals surface area contributed by atoms with E-state index >= 15 is 0 Å². The highest BCUT2D eigenvalue weighted by Crippen LogP contribution is 2.25. The number of hydrogen-bond donors (Lipinski definition) is 3. The first kappa shape index (κ1) is 27.4. The number of anilines is 1. The zero-order chi connectivity index (χ0) is 28.9. The highest BCUT2D eigenvalue weighted by molar-refractivity contribution is 5.99. The first-order chi connectivity index (χ1) is 19.8. The summed E-state index contributed by atoms with van der Waals surface area (Å²) < 4.78 is 13.3. The highest BCUT2D eigenvalue weighted by Gasteiger charge is 2.17. The first-order valence-corrected chi connectivity index (χ1v) is 13.1. The molecule has 0 aliphatic rings. The van der Waals surface area contributed by atoms with Crippen molar-refractivity contribution in [1.82, 2.24) is 30.4 Å². The molecule has 3 heterocycles. The Hall–Kier alpha value is -5.14. The normalized spacial score (nSPS) is 11.8. The Kier molecular flexibility index (Phi) is 7.99. The quantitative estimate of drug-likeness (QED) is 0.232. The fourth-order valence-electron chi connectivity index (χ4n) is 4.49. The van der Waals surface area contributed by atoms with Crippen molar-refractivity contribution in [3.8, 4) is 17.2 Å². The van der Waals surface area contributed by atoms with E-state index in [0.717, 1.165) is 39.9 Å². The van der Waals surface area contributed by atoms with Gasteiger partial charge in [0, 0.05) is 36.4 Å². The number of rotatable bonds is 9. The summed E-state index contributed by atoms with van der Waals surface area (Å²) in [5, 5.41) is 23.9. The van der Waals surface area contributed by atoms with Gasteiger partial charge in [-0.1, -0.05) is 36.4 Å². The van der Waals surface area contributed by atoms with Crippen molar-refractivity contribution < 1.29 is 9.18 Å². The topological polar surface area (TPSA) is 123 Å². The molecule has 0 radical (unpaired) electrons. The lowest BCUT2D eigenvalue weighted by molar-refractivity contribution is 0.0940. The van der Waals surface area contributed by atoms with Crippen LogP contribution in [0.15, 0.2) is 73.1 Å². The second-order valence-corrected chi connectivity index (χ2v) is 10.1. The van der Waals surface area contributed by atoms with Crippen molar-refractivity contribution in [3.63, 3.8) is 0 Å². The largest absolute Gasteiger partial charge is 0.365 e. The number of amides is 1. The number of aromatic nitrogens is 4. The maximum atomic E-state index is 13.3. The summed E-state index contributed by atoms with van der Waals surface area (Å²) in [6.07, 6.45) is 3.24. The van der Waals surface area contributed by atoms with Crippen LogP contribution in [0.2, 0.25) is 0 Å². The van der Waals surface area contributed by atoms with Gasteiger partial charge in [0.2, 0.25) is 0 Å². The van der Waals surface area contributed by atoms with Crippen LogP contribution in [0.25, 0.3) is 22.2 Å². The number of H-pyrrole nitrogens is 1. The minimum atomic E-state index is -0.389. The number of hydrogen-bond acceptors (Lipinski definition) is 7. The van der Waals surface area contributed by atoms with Crippen molar-refractivity contribution in [2.24, 2.45) is 0 Å². The van der Waals surface area contributed by atoms with Gasteiger partial charge in [0.1, 0.15) is 17.7 Å². The summed E-state index contributed by atoms with van der Waals surface area (Å²) in [5.41, 5.74) is 5.98. The van der Waals surface area contributed by atoms with E-state index in [-0.39, 0.29) is 28.9 Å². The molecule has 0 aliphatic heterocycles. The molecule has 10 heteroatoms. The molecule has 5 aromatic rings. The molecule has 0 fully saturated rings. The highest BCUT2D eigenvalue weighted by atomic mass is 19.1. The Morgan fingerprint density at radius 1 is 1.05 bits per heavy atom. The number of carbonyl (C=O) groups excluding carboxylic acids is 1. The minimum Gasteiger partial charge on any atom is -0.365 e. The molecule has 0 bridgehead atoms. The second kappa shape index (κ2) is 11.9. The van der Waals surface area contributed by atoms with E-state index in [0.29, 0.717) is 18.0 Å². The summed E-state index contributed by atoms with van der Waals surface area (Å²) >= 11 is 0. The van der Waals surface area contributed by atoms with Crippen LogP contribution in [0.1, 0.15) is 45.7 Å². The third kappa shape index (κ3) is 6.37. The summed E-state index contributed by atoms with van der Waals surface area (Å²) in [7, 11) is 4.02. The maximum absolute atomic E-state index is 13.3. The Balaban J connectivity index is 1.30. The van der Waals surface area contributed by atoms with Gasteiger partial charge in [-0.15, -0.1) is 0 Å². The van der Waals surface area contributed by atoms with Crippen molar-refractivity contribution in [3.05, 3.63) is 107 Å². The van der Waals surface area contributed by atoms with Crippen LogP contribution in [0.4, 0.5) is 10.2 Å². The van der Waals surface area contributed by atoms with Crippen molar-refractivity contribution in [2.45, 2.75) is 26.1 Å². The van der Waals surface area contributed by atoms with Crippen LogP contribution in [0, 0.1) is 17.1 Å². The number of nitrogens with zero attached hydrogens (tertiary/aromatic N) is 5. The minimum absolute atomic E-state index is 0.252. The number of halogens is 1. The molecule has 1 unspecified atom stereocenters. The third-order valence-corrected chi connectivity index (χ3v) is 6.69. The van der Waals surface area contributed by atoms with E-state index in [1.54, 1.807) is 12.1 Å². The van der Waals surface area contributed by atoms with Gasteiger partial charge in [0.15, 0.2) is 5.65 Å². The Morgan fingerprint density at radius 2 is 1.80 bits per heavy atom. The smallest absolute Gasteiger partial charge is 0.255 e. The van der Waals surface area contributed by atoms with Crippen molar-refractivity contribution >= 4 is 22.8 Å². The number of pyridine rings is 2. The molecule has 9 nitrogen and oxygen atoms in total. The molecule has 5 rings (SSSR count). The van der Waals surface area contributed by atoms with Gasteiger partial charge in [-0.25, -0.2) is 14.4 Å². The zero-order valence-electron chi connectivity index (χ0n) is 22.9. The van der Waals surface area contributed by atoms with Crippen LogP contribution < -0.4 is 10.6 Å². The van der Waals surface area contributed by atoms with Gasteiger partial charge in [0.05, 0.1) is 22.9 Å². The number of nitrogens with one attached hydrogen (secondary N) is 3. The number of benzene rings is 2. The van der Waals surface area contributed by atoms with Crippen LogP contribution in [-0.4, -0.2) is 45.1 Å². The van der Waals surface area contributed by atoms with E-state index in [4.69, 9.17) is 0 Å². The molecule has 206 valence electrons. The predicted octanol–water partition coefficient (Wildman–Crippen LogP) is 5.20. The molecule has 41 heavy (non-hydrogen) atoms. The number of carbonyl (C=O) groups is 1. The van der Waals surface area contributed by atoms with E-state index in [9.17, 15) is 14.4 Å². The Bertz CT molecular complexity index is 1720. The van der Waals surface area contributed by atoms with Gasteiger partial charge >= 0.3 is 0 Å². The lowest BCUT2D eigenvalue weighted by atomic mass is 10.0. The molecule has 3 N–H and O–H groups in total. The first-order valence-electron chi connectivity index (χ1n) is 13.1. The lowest BCUT2D eigenvalue weighted by Gasteiger charge is -2.16. The van der Waals surface area contributed by atoms with Crippen LogP contribution in [0.3, 0.4) is 0 Å². The van der Waals surface area contributed by atoms with Crippen LogP contribution in [0.5, 0.6) is 0 Å². The Labute approximate surface area is 237 Å². The monoisotopic (exact) mass is 548 g/mol. The van der Waals surface area contributed by atoms with Gasteiger partial charge in [-0.2, -0.15) is 10.4 Å². The molecule has 3 aromatic heterocycles. The second-order valence-electron chi connectivity index (χ2n) is 10.1. The molecule has 0 aliphatic carbocycles. The summed E-state index contributed by atoms with van der Waals surface area (Å²) in [6, 6.07) is 19.3. The molecule has 0 saturated carbocycles. The van der Waals surface area contributed by atoms with Crippen LogP contribution >= 0.6 is 0 Å². The van der Waals surface area contributed by atoms with Gasteiger partial charge in [-0.3, -0.25) is 9.89 Å². The van der Waals surface area contributed by atoms with Crippen molar-refractivity contribution in [2.75, 3.05) is 19.4 Å². The van der Waals surface area contributed by atoms with Crippen LogP contribution in [-0.2, 0) is 13.1 Å². The van der Waals surface area contributed by atoms with E-state index in [1.165, 1.54) is 24.4 Å². The molecule has 1 amide bonds. The zero-order valence-corrected chi connectivity index (χ0v) is 22.9. The van der Waals surface area contributed by atoms with Crippen molar-refractivity contribution in [1.29, 1.82) is 5.26 Å². The molecule has 0 spiro atoms. The van der Waals surface area contributed by atoms with E-state index in [1.807, 2.05) is 57.6 Å². The molecule has 0 saturated heterocycles. The number of nitriles is 1. The summed E-state index contributed by atoms with van der Waals surface area (Å²) in [6.45, 7) is 2.96. The number of aromatic amines is 1. The standard InChI is InChI=1S/C31H29FN8O/c1-19(22-8-10-25(32)11-9-22)37-31(41)27-12-21(14-33)16-35-29(27)34-15-20-4-6-23(7-5-20)24-13-26-28(18-40(2)3)38-39-30(26)36-17-24/h4-13,16-17,19H,15,18H2,1-3H3,(H,34,35)(H,37,41)(H,36,38,39). The average molecular weight is 549 g/mol. The molecule has 2 aromatic carbocycles. The molecular weight excluding hydrogens is 519 g/mol.